The second kappa shape index (κ2) is 7.63. The molecule has 2 aliphatic heterocycles. The molecule has 28 heavy (non-hydrogen) atoms. The van der Waals surface area contributed by atoms with Crippen molar-refractivity contribution in [3.63, 3.8) is 0 Å². The molecule has 2 atom stereocenters. The Balaban J connectivity index is 1.98. The number of ether oxygens (including phenoxy) is 3. The summed E-state index contributed by atoms with van der Waals surface area (Å²) in [7, 11) is 1.37. The molecule has 0 aliphatic carbocycles. The number of hydrogen-bond acceptors (Lipinski definition) is 7. The third-order valence-electron chi connectivity index (χ3n) is 5.43. The zero-order valence-electron chi connectivity index (χ0n) is 15.7. The highest BCUT2D eigenvalue weighted by molar-refractivity contribution is 5.99. The summed E-state index contributed by atoms with van der Waals surface area (Å²) in [6, 6.07) is 2.44. The fourth-order valence-corrected chi connectivity index (χ4v) is 3.92. The van der Waals surface area contributed by atoms with Gasteiger partial charge in [-0.1, -0.05) is 0 Å². The number of carboxylic acids is 1. The first-order valence-electron chi connectivity index (χ1n) is 8.93. The van der Waals surface area contributed by atoms with Crippen molar-refractivity contribution in [2.75, 3.05) is 40.0 Å². The van der Waals surface area contributed by atoms with Gasteiger partial charge in [0.2, 0.25) is 0 Å². The minimum Gasteiger partial charge on any atom is -0.493 e. The summed E-state index contributed by atoms with van der Waals surface area (Å²) in [6.45, 7) is 2.70. The normalized spacial score (nSPS) is 23.8. The Labute approximate surface area is 161 Å². The predicted octanol–water partition coefficient (Wildman–Crippen LogP) is 1.57. The maximum atomic E-state index is 13.1. The largest absolute Gasteiger partial charge is 0.493 e. The van der Waals surface area contributed by atoms with E-state index < -0.39 is 27.9 Å². The third kappa shape index (κ3) is 3.24. The monoisotopic (exact) mass is 394 g/mol. The average Bonchev–Trinajstić information content (AvgIpc) is 3.08. The van der Waals surface area contributed by atoms with E-state index in [-0.39, 0.29) is 49.3 Å². The van der Waals surface area contributed by atoms with Gasteiger partial charge in [0.25, 0.3) is 11.6 Å². The summed E-state index contributed by atoms with van der Waals surface area (Å²) in [5.74, 6) is -1.58. The van der Waals surface area contributed by atoms with Crippen LogP contribution in [0.5, 0.6) is 11.5 Å². The van der Waals surface area contributed by atoms with Crippen LogP contribution in [0.3, 0.4) is 0 Å². The molecule has 0 aromatic heterocycles. The van der Waals surface area contributed by atoms with Gasteiger partial charge in [-0.2, -0.15) is 0 Å². The molecule has 0 bridgehead atoms. The highest BCUT2D eigenvalue weighted by atomic mass is 16.6. The molecule has 1 amide bonds. The van der Waals surface area contributed by atoms with Gasteiger partial charge in [0.1, 0.15) is 5.56 Å². The maximum Gasteiger partial charge on any atom is 0.311 e. The van der Waals surface area contributed by atoms with E-state index in [2.05, 4.69) is 0 Å². The van der Waals surface area contributed by atoms with Crippen molar-refractivity contribution < 1.29 is 33.8 Å². The molecule has 10 heteroatoms. The van der Waals surface area contributed by atoms with Gasteiger partial charge < -0.3 is 24.2 Å². The van der Waals surface area contributed by atoms with Gasteiger partial charge in [0, 0.05) is 31.7 Å². The van der Waals surface area contributed by atoms with Crippen LogP contribution in [0.25, 0.3) is 0 Å². The molecule has 1 aromatic rings. The number of methoxy groups -OCH3 is 1. The van der Waals surface area contributed by atoms with Gasteiger partial charge in [0.15, 0.2) is 11.5 Å². The molecule has 2 heterocycles. The Morgan fingerprint density at radius 2 is 2.18 bits per heavy atom. The summed E-state index contributed by atoms with van der Waals surface area (Å²) >= 11 is 0. The van der Waals surface area contributed by atoms with Crippen LogP contribution in [0.15, 0.2) is 12.1 Å². The number of carbonyl (C=O) groups excluding carboxylic acids is 1. The zero-order valence-corrected chi connectivity index (χ0v) is 15.7. The summed E-state index contributed by atoms with van der Waals surface area (Å²) in [4.78, 5) is 37.3. The first-order chi connectivity index (χ1) is 13.3. The van der Waals surface area contributed by atoms with Crippen LogP contribution in [0.4, 0.5) is 5.69 Å². The van der Waals surface area contributed by atoms with Crippen LogP contribution in [0, 0.1) is 21.4 Å². The maximum absolute atomic E-state index is 13.1. The van der Waals surface area contributed by atoms with Gasteiger partial charge in [-0.15, -0.1) is 0 Å². The van der Waals surface area contributed by atoms with Crippen molar-refractivity contribution >= 4 is 17.6 Å². The Hall–Kier alpha value is -2.88. The fourth-order valence-electron chi connectivity index (χ4n) is 3.92. The molecular weight excluding hydrogens is 372 g/mol. The summed E-state index contributed by atoms with van der Waals surface area (Å²) in [5.41, 5.74) is -1.66. The van der Waals surface area contributed by atoms with Crippen LogP contribution in [-0.2, 0) is 9.53 Å². The molecular formula is C18H22N2O8. The van der Waals surface area contributed by atoms with E-state index in [9.17, 15) is 24.8 Å². The van der Waals surface area contributed by atoms with E-state index in [1.54, 1.807) is 6.92 Å². The molecule has 10 nitrogen and oxygen atoms in total. The first kappa shape index (κ1) is 19.9. The number of carbonyl (C=O) groups is 2. The molecule has 152 valence electrons. The molecule has 2 fully saturated rings. The van der Waals surface area contributed by atoms with Crippen LogP contribution >= 0.6 is 0 Å². The highest BCUT2D eigenvalue weighted by Crippen LogP contribution is 2.44. The molecule has 2 aliphatic rings. The molecule has 1 aromatic carbocycles. The fraction of sp³-hybridized carbons (Fsp3) is 0.556. The van der Waals surface area contributed by atoms with Crippen molar-refractivity contribution in [1.82, 2.24) is 4.90 Å². The van der Waals surface area contributed by atoms with Crippen molar-refractivity contribution in [1.29, 1.82) is 0 Å². The van der Waals surface area contributed by atoms with Gasteiger partial charge in [-0.3, -0.25) is 19.7 Å². The van der Waals surface area contributed by atoms with Crippen molar-refractivity contribution in [3.8, 4) is 11.5 Å². The van der Waals surface area contributed by atoms with Crippen molar-refractivity contribution in [2.24, 2.45) is 11.3 Å². The quantitative estimate of drug-likeness (QED) is 0.569. The lowest BCUT2D eigenvalue weighted by molar-refractivity contribution is -0.385. The van der Waals surface area contributed by atoms with E-state index in [1.165, 1.54) is 18.1 Å². The van der Waals surface area contributed by atoms with Gasteiger partial charge in [-0.05, 0) is 13.3 Å². The van der Waals surface area contributed by atoms with Crippen LogP contribution < -0.4 is 9.47 Å². The Morgan fingerprint density at radius 1 is 1.43 bits per heavy atom. The number of amides is 1. The SMILES string of the molecule is CCOc1cc([N+](=O)[O-])c(C(=O)N2C[C@H]3COCC[C@@]3(C(=O)O)C2)cc1OC. The summed E-state index contributed by atoms with van der Waals surface area (Å²) in [5, 5.41) is 21.3. The third-order valence-corrected chi connectivity index (χ3v) is 5.43. The number of rotatable bonds is 6. The Bertz CT molecular complexity index is 811. The lowest BCUT2D eigenvalue weighted by Crippen LogP contribution is -2.45. The summed E-state index contributed by atoms with van der Waals surface area (Å²) in [6.07, 6.45) is 0.297. The number of nitro groups is 1. The van der Waals surface area contributed by atoms with Crippen LogP contribution in [-0.4, -0.2) is 66.8 Å². The number of hydrogen-bond donors (Lipinski definition) is 1. The van der Waals surface area contributed by atoms with Crippen molar-refractivity contribution in [3.05, 3.63) is 27.8 Å². The molecule has 0 radical (unpaired) electrons. The number of likely N-dealkylation sites (tertiary alicyclic amines) is 1. The average molecular weight is 394 g/mol. The van der Waals surface area contributed by atoms with Crippen LogP contribution in [0.1, 0.15) is 23.7 Å². The number of carboxylic acid groups (broad SMARTS) is 1. The zero-order chi connectivity index (χ0) is 20.5. The first-order valence-corrected chi connectivity index (χ1v) is 8.93. The van der Waals surface area contributed by atoms with E-state index in [1.807, 2.05) is 0 Å². The van der Waals surface area contributed by atoms with Gasteiger partial charge >= 0.3 is 5.97 Å². The number of fused-ring (bicyclic) bond motifs is 1. The Morgan fingerprint density at radius 3 is 2.75 bits per heavy atom. The van der Waals surface area contributed by atoms with Crippen LogP contribution in [0.2, 0.25) is 0 Å². The van der Waals surface area contributed by atoms with E-state index in [0.29, 0.717) is 13.0 Å². The lowest BCUT2D eigenvalue weighted by Gasteiger charge is -2.33. The van der Waals surface area contributed by atoms with Crippen molar-refractivity contribution in [2.45, 2.75) is 13.3 Å². The smallest absolute Gasteiger partial charge is 0.311 e. The topological polar surface area (TPSA) is 128 Å². The van der Waals surface area contributed by atoms with E-state index >= 15 is 0 Å². The second-order valence-corrected chi connectivity index (χ2v) is 6.88. The van der Waals surface area contributed by atoms with E-state index in [0.717, 1.165) is 6.07 Å². The predicted molar refractivity (Wildman–Crippen MR) is 95.7 cm³/mol. The number of nitro benzene ring substituents is 1. The molecule has 2 saturated heterocycles. The highest BCUT2D eigenvalue weighted by Gasteiger charge is 2.55. The lowest BCUT2D eigenvalue weighted by atomic mass is 9.74. The number of aliphatic carboxylic acids is 1. The molecule has 0 spiro atoms. The summed E-state index contributed by atoms with van der Waals surface area (Å²) < 4.78 is 15.9. The van der Waals surface area contributed by atoms with Gasteiger partial charge in [0.05, 0.1) is 36.7 Å². The van der Waals surface area contributed by atoms with Gasteiger partial charge in [-0.25, -0.2) is 0 Å². The molecule has 0 saturated carbocycles. The second-order valence-electron chi connectivity index (χ2n) is 6.88. The number of nitrogens with zero attached hydrogens (tertiary/aromatic N) is 2. The standard InChI is InChI=1S/C18H22N2O8/c1-3-28-15-7-13(20(24)25)12(6-14(15)26-2)16(21)19-8-11-9-27-5-4-18(11,10-19)17(22)23/h6-7,11H,3-5,8-10H2,1-2H3,(H,22,23)/t11-,18+/m0/s1. The molecule has 3 rings (SSSR count). The minimum absolute atomic E-state index is 0.0120. The number of benzene rings is 1. The minimum atomic E-state index is -1.09. The molecule has 1 N–H and O–H groups in total. The molecule has 0 unspecified atom stereocenters. The van der Waals surface area contributed by atoms with E-state index in [4.69, 9.17) is 14.2 Å². The Kier molecular flexibility index (Phi) is 5.41.